The Kier molecular flexibility index (Phi) is 4.41. The zero-order valence-corrected chi connectivity index (χ0v) is 20.2. The second-order valence-electron chi connectivity index (χ2n) is 10.2. The lowest BCUT2D eigenvalue weighted by atomic mass is 9.81. The second-order valence-corrected chi connectivity index (χ2v) is 10.2. The summed E-state index contributed by atoms with van der Waals surface area (Å²) in [6, 6.07) is 20.0. The highest BCUT2D eigenvalue weighted by atomic mass is 19.1. The highest BCUT2D eigenvalue weighted by Gasteiger charge is 2.37. The Morgan fingerprint density at radius 2 is 1.65 bits per heavy atom. The number of anilines is 1. The molecule has 34 heavy (non-hydrogen) atoms. The molecule has 0 radical (unpaired) electrons. The zero-order valence-electron chi connectivity index (χ0n) is 20.2. The van der Waals surface area contributed by atoms with Gasteiger partial charge in [0.1, 0.15) is 24.0 Å². The van der Waals surface area contributed by atoms with Crippen molar-refractivity contribution < 1.29 is 13.4 Å². The van der Waals surface area contributed by atoms with Gasteiger partial charge in [-0.25, -0.2) is 8.96 Å². The van der Waals surface area contributed by atoms with Crippen molar-refractivity contribution in [1.82, 2.24) is 0 Å². The first kappa shape index (κ1) is 20.9. The molecule has 0 saturated carbocycles. The van der Waals surface area contributed by atoms with E-state index in [1.807, 2.05) is 43.6 Å². The minimum atomic E-state index is -0.256. The number of hydrogen-bond acceptors (Lipinski definition) is 2. The largest absolute Gasteiger partial charge is 0.454 e. The van der Waals surface area contributed by atoms with Crippen molar-refractivity contribution in [3.05, 3.63) is 83.8 Å². The van der Waals surface area contributed by atoms with Gasteiger partial charge >= 0.3 is 0 Å². The second kappa shape index (κ2) is 7.17. The maximum atomic E-state index is 15.6. The van der Waals surface area contributed by atoms with Crippen LogP contribution >= 0.6 is 0 Å². The Bertz CT molecular complexity index is 1610. The third kappa shape index (κ3) is 2.84. The molecule has 1 aliphatic heterocycles. The van der Waals surface area contributed by atoms with Crippen molar-refractivity contribution in [2.75, 3.05) is 18.5 Å². The molecule has 1 aliphatic rings. The molecule has 3 aromatic carbocycles. The average Bonchev–Trinajstić information content (AvgIpc) is 3.28. The van der Waals surface area contributed by atoms with Crippen LogP contribution in [0.1, 0.15) is 25.0 Å². The highest BCUT2D eigenvalue weighted by Crippen LogP contribution is 2.48. The normalized spacial score (nSPS) is 14.8. The number of rotatable bonds is 2. The number of aromatic nitrogens is 1. The van der Waals surface area contributed by atoms with E-state index >= 15 is 4.39 Å². The first-order valence-electron chi connectivity index (χ1n) is 11.7. The molecule has 6 rings (SSSR count). The number of pyridine rings is 1. The predicted octanol–water partition coefficient (Wildman–Crippen LogP) is 6.92. The molecule has 0 aliphatic carbocycles. The number of aryl methyl sites for hydroxylation is 2. The fourth-order valence-electron chi connectivity index (χ4n) is 5.87. The number of benzene rings is 3. The van der Waals surface area contributed by atoms with Gasteiger partial charge in [0.25, 0.3) is 0 Å². The highest BCUT2D eigenvalue weighted by molar-refractivity contribution is 6.13. The van der Waals surface area contributed by atoms with Gasteiger partial charge in [-0.3, -0.25) is 0 Å². The van der Waals surface area contributed by atoms with Crippen LogP contribution in [0, 0.1) is 12.7 Å². The van der Waals surface area contributed by atoms with Crippen LogP contribution < -0.4 is 9.47 Å². The monoisotopic (exact) mass is 451 g/mol. The lowest BCUT2D eigenvalue weighted by molar-refractivity contribution is -0.660. The van der Waals surface area contributed by atoms with Crippen LogP contribution in [0.25, 0.3) is 44.3 Å². The third-order valence-electron chi connectivity index (χ3n) is 7.31. The number of nitrogens with zero attached hydrogens (tertiary/aromatic N) is 2. The lowest BCUT2D eigenvalue weighted by Crippen LogP contribution is -2.30. The topological polar surface area (TPSA) is 20.3 Å². The van der Waals surface area contributed by atoms with Gasteiger partial charge in [-0.05, 0) is 47.9 Å². The van der Waals surface area contributed by atoms with E-state index in [0.29, 0.717) is 11.1 Å². The summed E-state index contributed by atoms with van der Waals surface area (Å²) in [5.41, 5.74) is 8.34. The number of hydrogen-bond donors (Lipinski definition) is 0. The zero-order chi connectivity index (χ0) is 23.8. The van der Waals surface area contributed by atoms with Crippen molar-refractivity contribution in [3.63, 3.8) is 0 Å². The van der Waals surface area contributed by atoms with Gasteiger partial charge in [-0.15, -0.1) is 0 Å². The van der Waals surface area contributed by atoms with E-state index in [4.69, 9.17) is 4.42 Å². The minimum Gasteiger partial charge on any atom is -0.454 e. The summed E-state index contributed by atoms with van der Waals surface area (Å²) in [6.07, 6.45) is 2.03. The Labute approximate surface area is 199 Å². The van der Waals surface area contributed by atoms with Gasteiger partial charge in [0.15, 0.2) is 6.20 Å². The predicted molar refractivity (Wildman–Crippen MR) is 137 cm³/mol. The first-order valence-corrected chi connectivity index (χ1v) is 11.7. The van der Waals surface area contributed by atoms with Crippen LogP contribution in [0.5, 0.6) is 0 Å². The molecule has 4 heteroatoms. The summed E-state index contributed by atoms with van der Waals surface area (Å²) in [4.78, 5) is 2.26. The van der Waals surface area contributed by atoms with Gasteiger partial charge in [-0.2, -0.15) is 0 Å². The molecular formula is C30H28FN2O+. The summed E-state index contributed by atoms with van der Waals surface area (Å²) in [7, 11) is 4.14. The Morgan fingerprint density at radius 1 is 0.912 bits per heavy atom. The third-order valence-corrected chi connectivity index (χ3v) is 7.31. The van der Waals surface area contributed by atoms with Crippen molar-refractivity contribution >= 4 is 27.6 Å². The van der Waals surface area contributed by atoms with Crippen molar-refractivity contribution in [1.29, 1.82) is 0 Å². The van der Waals surface area contributed by atoms with Crippen LogP contribution in [-0.2, 0) is 12.5 Å². The van der Waals surface area contributed by atoms with Crippen LogP contribution in [-0.4, -0.2) is 13.6 Å². The van der Waals surface area contributed by atoms with Gasteiger partial charge in [0.2, 0.25) is 5.69 Å². The van der Waals surface area contributed by atoms with Crippen molar-refractivity contribution in [3.8, 4) is 22.4 Å². The summed E-state index contributed by atoms with van der Waals surface area (Å²) in [6.45, 7) is 7.45. The van der Waals surface area contributed by atoms with E-state index < -0.39 is 0 Å². The molecule has 0 saturated heterocycles. The SMILES string of the molecule is Cc1ccc2c(oc3c(-c4cccc5c4C(C)(C)CN5C)c(F)ccc32)c1-c1cccc[n+]1C. The van der Waals surface area contributed by atoms with Crippen molar-refractivity contribution in [2.45, 2.75) is 26.2 Å². The smallest absolute Gasteiger partial charge is 0.216 e. The summed E-state index contributed by atoms with van der Waals surface area (Å²) < 4.78 is 24.4. The van der Waals surface area contributed by atoms with E-state index in [-0.39, 0.29) is 11.2 Å². The van der Waals surface area contributed by atoms with E-state index in [9.17, 15) is 0 Å². The minimum absolute atomic E-state index is 0.0964. The number of fused-ring (bicyclic) bond motifs is 4. The summed E-state index contributed by atoms with van der Waals surface area (Å²) in [5, 5.41) is 1.94. The Hall–Kier alpha value is -3.66. The molecular weight excluding hydrogens is 423 g/mol. The van der Waals surface area contributed by atoms with Crippen LogP contribution in [0.3, 0.4) is 0 Å². The average molecular weight is 452 g/mol. The Balaban J connectivity index is 1.72. The van der Waals surface area contributed by atoms with E-state index in [1.54, 1.807) is 6.07 Å². The molecule has 0 atom stereocenters. The summed E-state index contributed by atoms with van der Waals surface area (Å²) in [5.74, 6) is -0.256. The quantitative estimate of drug-likeness (QED) is 0.272. The molecule has 0 amide bonds. The van der Waals surface area contributed by atoms with Crippen LogP contribution in [0.4, 0.5) is 10.1 Å². The molecule has 170 valence electrons. The van der Waals surface area contributed by atoms with Crippen molar-refractivity contribution in [2.24, 2.45) is 7.05 Å². The van der Waals surface area contributed by atoms with E-state index in [2.05, 4.69) is 61.6 Å². The first-order chi connectivity index (χ1) is 16.3. The fourth-order valence-corrected chi connectivity index (χ4v) is 5.87. The number of furan rings is 1. The molecule has 0 N–H and O–H groups in total. The summed E-state index contributed by atoms with van der Waals surface area (Å²) >= 11 is 0. The molecule has 0 spiro atoms. The molecule has 0 unspecified atom stereocenters. The van der Waals surface area contributed by atoms with E-state index in [1.165, 1.54) is 5.56 Å². The van der Waals surface area contributed by atoms with Gasteiger partial charge < -0.3 is 9.32 Å². The molecule has 3 nitrogen and oxygen atoms in total. The lowest BCUT2D eigenvalue weighted by Gasteiger charge is -2.21. The van der Waals surface area contributed by atoms with Gasteiger partial charge in [0, 0.05) is 47.6 Å². The molecule has 0 fully saturated rings. The molecule has 2 aromatic heterocycles. The molecule has 0 bridgehead atoms. The van der Waals surface area contributed by atoms with Gasteiger partial charge in [-0.1, -0.05) is 38.1 Å². The number of likely N-dealkylation sites (N-methyl/N-ethyl adjacent to an activating group) is 1. The maximum Gasteiger partial charge on any atom is 0.216 e. The fraction of sp³-hybridized carbons (Fsp3) is 0.233. The van der Waals surface area contributed by atoms with Gasteiger partial charge in [0.05, 0.1) is 11.1 Å². The standard InChI is InChI=1S/C30H28FN2O/c1-18-12-13-19-20-14-15-22(31)26(21-9-8-11-24-27(21)30(2,3)17-33(24)5)29(20)34-28(19)25(18)23-10-6-7-16-32(23)4/h6-16H,17H2,1-5H3/q+1. The van der Waals surface area contributed by atoms with Crippen LogP contribution in [0.2, 0.25) is 0 Å². The molecule has 3 heterocycles. The molecule has 5 aromatic rings. The maximum absolute atomic E-state index is 15.6. The van der Waals surface area contributed by atoms with Crippen LogP contribution in [0.15, 0.2) is 71.3 Å². The number of halogens is 1. The Morgan fingerprint density at radius 3 is 2.41 bits per heavy atom. The van der Waals surface area contributed by atoms with E-state index in [0.717, 1.165) is 51.0 Å².